The number of esters is 1. The minimum Gasteiger partial charge on any atom is -0.456 e. The third kappa shape index (κ3) is 6.76. The second kappa shape index (κ2) is 11.1. The Kier molecular flexibility index (Phi) is 8.20. The second-order valence-corrected chi connectivity index (χ2v) is 10.0. The van der Waals surface area contributed by atoms with Crippen molar-refractivity contribution in [3.8, 4) is 0 Å². The number of sulfone groups is 1. The van der Waals surface area contributed by atoms with Crippen molar-refractivity contribution >= 4 is 44.8 Å². The Balaban J connectivity index is 1.57. The van der Waals surface area contributed by atoms with Gasteiger partial charge < -0.3 is 10.1 Å². The summed E-state index contributed by atoms with van der Waals surface area (Å²) in [6.07, 6.45) is -0.401. The van der Waals surface area contributed by atoms with Crippen LogP contribution in [0.15, 0.2) is 77.7 Å². The van der Waals surface area contributed by atoms with E-state index in [1.165, 1.54) is 30.3 Å². The maximum absolute atomic E-state index is 12.8. The average molecular weight is 500 g/mol. The van der Waals surface area contributed by atoms with E-state index in [4.69, 9.17) is 16.3 Å². The van der Waals surface area contributed by atoms with E-state index in [2.05, 4.69) is 5.32 Å². The van der Waals surface area contributed by atoms with E-state index >= 15 is 0 Å². The molecule has 34 heavy (non-hydrogen) atoms. The van der Waals surface area contributed by atoms with Crippen molar-refractivity contribution in [2.24, 2.45) is 0 Å². The van der Waals surface area contributed by atoms with E-state index in [-0.39, 0.29) is 21.9 Å². The summed E-state index contributed by atoms with van der Waals surface area (Å²) in [5.41, 5.74) is 1.73. The van der Waals surface area contributed by atoms with Crippen LogP contribution < -0.4 is 5.32 Å². The fourth-order valence-corrected chi connectivity index (χ4v) is 4.44. The summed E-state index contributed by atoms with van der Waals surface area (Å²) in [4.78, 5) is 37.3. The number of nitrogens with one attached hydrogen (secondary N) is 1. The first-order valence-corrected chi connectivity index (χ1v) is 12.3. The number of carbonyl (C=O) groups excluding carboxylic acids is 3. The molecule has 0 saturated heterocycles. The van der Waals surface area contributed by atoms with Gasteiger partial charge in [-0.2, -0.15) is 0 Å². The first-order valence-electron chi connectivity index (χ1n) is 10.3. The monoisotopic (exact) mass is 499 g/mol. The van der Waals surface area contributed by atoms with Gasteiger partial charge in [0, 0.05) is 16.1 Å². The van der Waals surface area contributed by atoms with Crippen LogP contribution in [0.2, 0.25) is 5.02 Å². The quantitative estimate of drug-likeness (QED) is 0.349. The maximum Gasteiger partial charge on any atom is 0.307 e. The van der Waals surface area contributed by atoms with Gasteiger partial charge in [-0.15, -0.1) is 0 Å². The molecule has 1 N–H and O–H groups in total. The van der Waals surface area contributed by atoms with Crippen molar-refractivity contribution in [3.05, 3.63) is 94.5 Å². The fourth-order valence-electron chi connectivity index (χ4n) is 3.04. The second-order valence-electron chi connectivity index (χ2n) is 7.48. The molecule has 0 aliphatic rings. The average Bonchev–Trinajstić information content (AvgIpc) is 2.83. The highest BCUT2D eigenvalue weighted by Gasteiger charge is 2.19. The number of rotatable bonds is 9. The van der Waals surface area contributed by atoms with E-state index < -0.39 is 40.5 Å². The molecule has 7 nitrogen and oxygen atoms in total. The molecule has 0 fully saturated rings. The van der Waals surface area contributed by atoms with Gasteiger partial charge >= 0.3 is 5.97 Å². The van der Waals surface area contributed by atoms with Gasteiger partial charge in [0.25, 0.3) is 5.91 Å². The number of hydrogen-bond donors (Lipinski definition) is 1. The topological polar surface area (TPSA) is 107 Å². The lowest BCUT2D eigenvalue weighted by molar-refractivity contribution is -0.146. The summed E-state index contributed by atoms with van der Waals surface area (Å²) in [7, 11) is -3.66. The van der Waals surface area contributed by atoms with Crippen LogP contribution in [-0.2, 0) is 24.2 Å². The lowest BCUT2D eigenvalue weighted by Crippen LogP contribution is -2.23. The van der Waals surface area contributed by atoms with Gasteiger partial charge in [0.1, 0.15) is 0 Å². The lowest BCUT2D eigenvalue weighted by Gasteiger charge is -2.12. The Morgan fingerprint density at radius 1 is 0.941 bits per heavy atom. The molecule has 0 unspecified atom stereocenters. The number of hydrogen-bond acceptors (Lipinski definition) is 6. The van der Waals surface area contributed by atoms with Gasteiger partial charge in [0.2, 0.25) is 0 Å². The van der Waals surface area contributed by atoms with E-state index in [0.29, 0.717) is 10.6 Å². The molecule has 1 amide bonds. The summed E-state index contributed by atoms with van der Waals surface area (Å²) in [6, 6.07) is 19.2. The molecule has 0 aliphatic heterocycles. The Hall–Kier alpha value is -3.49. The number of ketones is 1. The highest BCUT2D eigenvalue weighted by Crippen LogP contribution is 2.24. The smallest absolute Gasteiger partial charge is 0.307 e. The number of halogens is 1. The molecule has 0 radical (unpaired) electrons. The molecule has 0 spiro atoms. The first kappa shape index (κ1) is 25.1. The van der Waals surface area contributed by atoms with Crippen molar-refractivity contribution in [1.29, 1.82) is 0 Å². The zero-order valence-electron chi connectivity index (χ0n) is 18.3. The minimum atomic E-state index is -3.66. The SMILES string of the molecule is Cc1ccc(S(=O)(=O)CCC(=O)OCC(=O)Nc2ccc(Cl)cc2C(=O)c2ccccc2)cc1. The van der Waals surface area contributed by atoms with E-state index in [9.17, 15) is 22.8 Å². The van der Waals surface area contributed by atoms with E-state index in [1.807, 2.05) is 6.92 Å². The molecule has 3 aromatic rings. The third-order valence-corrected chi connectivity index (χ3v) is 6.82. The van der Waals surface area contributed by atoms with Crippen LogP contribution in [0.1, 0.15) is 27.9 Å². The molecule has 9 heteroatoms. The van der Waals surface area contributed by atoms with Gasteiger partial charge in [0.05, 0.1) is 22.8 Å². The lowest BCUT2D eigenvalue weighted by atomic mass is 10.0. The van der Waals surface area contributed by atoms with Gasteiger partial charge in [-0.25, -0.2) is 8.42 Å². The molecule has 3 aromatic carbocycles. The number of benzene rings is 3. The van der Waals surface area contributed by atoms with Crippen LogP contribution in [0.4, 0.5) is 5.69 Å². The molecule has 0 bridgehead atoms. The predicted molar refractivity (Wildman–Crippen MR) is 129 cm³/mol. The standard InChI is InChI=1S/C25H22ClNO6S/c1-17-7-10-20(11-8-17)34(31,32)14-13-24(29)33-16-23(28)27-22-12-9-19(26)15-21(22)25(30)18-5-3-2-4-6-18/h2-12,15H,13-14,16H2,1H3,(H,27,28). The number of anilines is 1. The zero-order valence-corrected chi connectivity index (χ0v) is 19.9. The van der Waals surface area contributed by atoms with Crippen molar-refractivity contribution in [3.63, 3.8) is 0 Å². The maximum atomic E-state index is 12.8. The molecule has 0 saturated carbocycles. The van der Waals surface area contributed by atoms with Crippen LogP contribution >= 0.6 is 11.6 Å². The summed E-state index contributed by atoms with van der Waals surface area (Å²) >= 11 is 6.03. The van der Waals surface area contributed by atoms with Crippen molar-refractivity contribution in [2.45, 2.75) is 18.2 Å². The summed E-state index contributed by atoms with van der Waals surface area (Å²) < 4.78 is 29.6. The Bertz CT molecular complexity index is 1300. The Morgan fingerprint density at radius 3 is 2.29 bits per heavy atom. The van der Waals surface area contributed by atoms with E-state index in [1.54, 1.807) is 42.5 Å². The predicted octanol–water partition coefficient (Wildman–Crippen LogP) is 4.23. The van der Waals surface area contributed by atoms with Crippen LogP contribution in [0.5, 0.6) is 0 Å². The Labute approximate surface area is 202 Å². The summed E-state index contributed by atoms with van der Waals surface area (Å²) in [5.74, 6) is -2.29. The van der Waals surface area contributed by atoms with Crippen LogP contribution in [0.25, 0.3) is 0 Å². The number of aryl methyl sites for hydroxylation is 1. The highest BCUT2D eigenvalue weighted by molar-refractivity contribution is 7.91. The molecular weight excluding hydrogens is 478 g/mol. The Morgan fingerprint density at radius 2 is 1.62 bits per heavy atom. The van der Waals surface area contributed by atoms with Crippen LogP contribution in [-0.4, -0.2) is 38.4 Å². The number of amides is 1. The van der Waals surface area contributed by atoms with Gasteiger partial charge in [-0.1, -0.05) is 59.6 Å². The molecule has 0 heterocycles. The summed E-state index contributed by atoms with van der Waals surface area (Å²) in [6.45, 7) is 1.20. The van der Waals surface area contributed by atoms with Gasteiger partial charge in [0.15, 0.2) is 22.2 Å². The third-order valence-electron chi connectivity index (χ3n) is 4.86. The summed E-state index contributed by atoms with van der Waals surface area (Å²) in [5, 5.41) is 2.85. The van der Waals surface area contributed by atoms with E-state index in [0.717, 1.165) is 5.56 Å². The minimum absolute atomic E-state index is 0.113. The van der Waals surface area contributed by atoms with Crippen molar-refractivity contribution in [1.82, 2.24) is 0 Å². The number of ether oxygens (including phenoxy) is 1. The molecule has 0 aromatic heterocycles. The molecule has 0 atom stereocenters. The first-order chi connectivity index (χ1) is 16.2. The zero-order chi connectivity index (χ0) is 24.7. The van der Waals surface area contributed by atoms with Gasteiger partial charge in [-0.3, -0.25) is 14.4 Å². The van der Waals surface area contributed by atoms with Crippen molar-refractivity contribution in [2.75, 3.05) is 17.7 Å². The number of carbonyl (C=O) groups is 3. The van der Waals surface area contributed by atoms with Crippen LogP contribution in [0, 0.1) is 6.92 Å². The highest BCUT2D eigenvalue weighted by atomic mass is 35.5. The van der Waals surface area contributed by atoms with Crippen molar-refractivity contribution < 1.29 is 27.5 Å². The molecule has 0 aliphatic carbocycles. The van der Waals surface area contributed by atoms with Crippen LogP contribution in [0.3, 0.4) is 0 Å². The van der Waals surface area contributed by atoms with Gasteiger partial charge in [-0.05, 0) is 37.3 Å². The molecular formula is C25H22ClNO6S. The normalized spacial score (nSPS) is 11.0. The fraction of sp³-hybridized carbons (Fsp3) is 0.160. The molecule has 176 valence electrons. The largest absolute Gasteiger partial charge is 0.456 e. The molecule has 3 rings (SSSR count).